The number of aromatic nitrogens is 2. The Morgan fingerprint density at radius 1 is 1.62 bits per heavy atom. The zero-order valence-electron chi connectivity index (χ0n) is 7.57. The molecule has 0 N–H and O–H groups in total. The van der Waals surface area contributed by atoms with E-state index >= 15 is 0 Å². The second kappa shape index (κ2) is 3.62. The van der Waals surface area contributed by atoms with Crippen molar-refractivity contribution in [2.24, 2.45) is 0 Å². The predicted molar refractivity (Wildman–Crippen MR) is 56.3 cm³/mol. The van der Waals surface area contributed by atoms with Gasteiger partial charge in [-0.25, -0.2) is 0 Å². The summed E-state index contributed by atoms with van der Waals surface area (Å²) in [6.07, 6.45) is 2.97. The quantitative estimate of drug-likeness (QED) is 0.702. The van der Waals surface area contributed by atoms with Crippen LogP contribution >= 0.6 is 15.9 Å². The van der Waals surface area contributed by atoms with Crippen molar-refractivity contribution >= 4 is 21.7 Å². The fourth-order valence-electron chi connectivity index (χ4n) is 1.53. The highest BCUT2D eigenvalue weighted by molar-refractivity contribution is 9.09. The standard InChI is InChI=1S/C9H12BrN3/c1-7-4-9(12-11-5-7)13-3-2-8(10)6-13/h4-5,8H,2-3,6H2,1H3. The van der Waals surface area contributed by atoms with E-state index in [1.54, 1.807) is 6.20 Å². The van der Waals surface area contributed by atoms with Crippen molar-refractivity contribution in [1.29, 1.82) is 0 Å². The minimum Gasteiger partial charge on any atom is -0.354 e. The number of hydrogen-bond acceptors (Lipinski definition) is 3. The number of alkyl halides is 1. The minimum atomic E-state index is 0.606. The van der Waals surface area contributed by atoms with E-state index in [2.05, 4.69) is 37.1 Å². The number of rotatable bonds is 1. The van der Waals surface area contributed by atoms with Gasteiger partial charge in [0, 0.05) is 17.9 Å². The summed E-state index contributed by atoms with van der Waals surface area (Å²) in [5.41, 5.74) is 1.17. The largest absolute Gasteiger partial charge is 0.354 e. The Labute approximate surface area is 86.3 Å². The maximum absolute atomic E-state index is 4.11. The summed E-state index contributed by atoms with van der Waals surface area (Å²) in [4.78, 5) is 2.87. The number of halogens is 1. The number of hydrogen-bond donors (Lipinski definition) is 0. The Bertz CT molecular complexity index is 303. The van der Waals surface area contributed by atoms with Crippen LogP contribution < -0.4 is 4.90 Å². The van der Waals surface area contributed by atoms with Gasteiger partial charge in [-0.1, -0.05) is 15.9 Å². The van der Waals surface area contributed by atoms with Crippen LogP contribution in [0, 0.1) is 6.92 Å². The molecule has 1 aliphatic rings. The summed E-state index contributed by atoms with van der Waals surface area (Å²) >= 11 is 3.60. The molecular weight excluding hydrogens is 230 g/mol. The molecule has 0 amide bonds. The first-order valence-electron chi connectivity index (χ1n) is 4.44. The summed E-state index contributed by atoms with van der Waals surface area (Å²) in [5.74, 6) is 1.00. The minimum absolute atomic E-state index is 0.606. The van der Waals surface area contributed by atoms with Crippen LogP contribution in [0.3, 0.4) is 0 Å². The monoisotopic (exact) mass is 241 g/mol. The second-order valence-corrected chi connectivity index (χ2v) is 4.72. The number of aryl methyl sites for hydroxylation is 1. The van der Waals surface area contributed by atoms with Crippen LogP contribution in [0.5, 0.6) is 0 Å². The molecule has 0 aliphatic carbocycles. The van der Waals surface area contributed by atoms with E-state index < -0.39 is 0 Å². The lowest BCUT2D eigenvalue weighted by Gasteiger charge is -2.15. The van der Waals surface area contributed by atoms with Crippen molar-refractivity contribution in [2.75, 3.05) is 18.0 Å². The fraction of sp³-hybridized carbons (Fsp3) is 0.556. The molecule has 0 saturated carbocycles. The van der Waals surface area contributed by atoms with Crippen LogP contribution in [0.1, 0.15) is 12.0 Å². The molecule has 0 aromatic carbocycles. The maximum atomic E-state index is 4.11. The van der Waals surface area contributed by atoms with E-state index in [1.165, 1.54) is 12.0 Å². The van der Waals surface area contributed by atoms with E-state index in [0.29, 0.717) is 4.83 Å². The van der Waals surface area contributed by atoms with E-state index in [1.807, 2.05) is 6.92 Å². The molecule has 13 heavy (non-hydrogen) atoms. The maximum Gasteiger partial charge on any atom is 0.151 e. The molecule has 1 atom stereocenters. The van der Waals surface area contributed by atoms with Crippen molar-refractivity contribution in [1.82, 2.24) is 10.2 Å². The van der Waals surface area contributed by atoms with Crippen molar-refractivity contribution in [3.8, 4) is 0 Å². The molecule has 2 rings (SSSR count). The lowest BCUT2D eigenvalue weighted by molar-refractivity contribution is 0.889. The van der Waals surface area contributed by atoms with E-state index in [4.69, 9.17) is 0 Å². The van der Waals surface area contributed by atoms with Crippen molar-refractivity contribution in [3.05, 3.63) is 17.8 Å². The van der Waals surface area contributed by atoms with Crippen LogP contribution in [0.15, 0.2) is 12.3 Å². The Morgan fingerprint density at radius 2 is 2.46 bits per heavy atom. The molecule has 1 aromatic heterocycles. The Kier molecular flexibility index (Phi) is 2.49. The molecule has 4 heteroatoms. The van der Waals surface area contributed by atoms with Gasteiger partial charge in [0.2, 0.25) is 0 Å². The number of nitrogens with zero attached hydrogens (tertiary/aromatic N) is 3. The van der Waals surface area contributed by atoms with Gasteiger partial charge in [0.1, 0.15) is 0 Å². The molecule has 70 valence electrons. The topological polar surface area (TPSA) is 29.0 Å². The van der Waals surface area contributed by atoms with Crippen molar-refractivity contribution in [2.45, 2.75) is 18.2 Å². The molecule has 0 bridgehead atoms. The lowest BCUT2D eigenvalue weighted by atomic mass is 10.3. The van der Waals surface area contributed by atoms with E-state index in [9.17, 15) is 0 Å². The second-order valence-electron chi connectivity index (χ2n) is 3.42. The van der Waals surface area contributed by atoms with Gasteiger partial charge in [-0.15, -0.1) is 5.10 Å². The molecule has 0 radical (unpaired) electrons. The van der Waals surface area contributed by atoms with Crippen LogP contribution in [-0.2, 0) is 0 Å². The Morgan fingerprint density at radius 3 is 3.08 bits per heavy atom. The summed E-state index contributed by atoms with van der Waals surface area (Å²) in [5, 5.41) is 8.06. The van der Waals surface area contributed by atoms with Crippen molar-refractivity contribution in [3.63, 3.8) is 0 Å². The van der Waals surface area contributed by atoms with Gasteiger partial charge < -0.3 is 4.90 Å². The van der Waals surface area contributed by atoms with Gasteiger partial charge in [-0.3, -0.25) is 0 Å². The molecule has 1 aliphatic heterocycles. The summed E-state index contributed by atoms with van der Waals surface area (Å²) in [6, 6.07) is 2.08. The SMILES string of the molecule is Cc1cnnc(N2CCC(Br)C2)c1. The molecule has 0 spiro atoms. The Hall–Kier alpha value is -0.640. The van der Waals surface area contributed by atoms with Gasteiger partial charge in [0.15, 0.2) is 5.82 Å². The van der Waals surface area contributed by atoms with Gasteiger partial charge in [-0.2, -0.15) is 5.10 Å². The molecule has 2 heterocycles. The number of anilines is 1. The molecule has 1 fully saturated rings. The summed E-state index contributed by atoms with van der Waals surface area (Å²) < 4.78 is 0. The first kappa shape index (κ1) is 8.94. The zero-order chi connectivity index (χ0) is 9.26. The molecule has 1 aromatic rings. The third-order valence-electron chi connectivity index (χ3n) is 2.23. The highest BCUT2D eigenvalue weighted by Crippen LogP contribution is 2.21. The van der Waals surface area contributed by atoms with E-state index in [-0.39, 0.29) is 0 Å². The van der Waals surface area contributed by atoms with Gasteiger partial charge in [0.25, 0.3) is 0 Å². The average molecular weight is 242 g/mol. The first-order chi connectivity index (χ1) is 6.25. The van der Waals surface area contributed by atoms with Crippen LogP contribution in [-0.4, -0.2) is 28.1 Å². The first-order valence-corrected chi connectivity index (χ1v) is 5.35. The van der Waals surface area contributed by atoms with Crippen molar-refractivity contribution < 1.29 is 0 Å². The highest BCUT2D eigenvalue weighted by atomic mass is 79.9. The zero-order valence-corrected chi connectivity index (χ0v) is 9.16. The predicted octanol–water partition coefficient (Wildman–Crippen LogP) is 1.76. The average Bonchev–Trinajstić information content (AvgIpc) is 2.52. The van der Waals surface area contributed by atoms with Gasteiger partial charge in [-0.05, 0) is 25.0 Å². The molecule has 1 unspecified atom stereocenters. The van der Waals surface area contributed by atoms with Crippen LogP contribution in [0.25, 0.3) is 0 Å². The highest BCUT2D eigenvalue weighted by Gasteiger charge is 2.21. The van der Waals surface area contributed by atoms with E-state index in [0.717, 1.165) is 18.9 Å². The van der Waals surface area contributed by atoms with Gasteiger partial charge in [0.05, 0.1) is 6.20 Å². The third kappa shape index (κ3) is 1.99. The van der Waals surface area contributed by atoms with Gasteiger partial charge >= 0.3 is 0 Å². The third-order valence-corrected chi connectivity index (χ3v) is 2.98. The van der Waals surface area contributed by atoms with Crippen LogP contribution in [0.2, 0.25) is 0 Å². The Balaban J connectivity index is 2.16. The fourth-order valence-corrected chi connectivity index (χ4v) is 2.08. The van der Waals surface area contributed by atoms with Crippen LogP contribution in [0.4, 0.5) is 5.82 Å². The summed E-state index contributed by atoms with van der Waals surface area (Å²) in [6.45, 7) is 4.16. The smallest absolute Gasteiger partial charge is 0.151 e. The molecular formula is C9H12BrN3. The molecule has 1 saturated heterocycles. The normalized spacial score (nSPS) is 22.3. The summed E-state index contributed by atoms with van der Waals surface area (Å²) in [7, 11) is 0. The lowest BCUT2D eigenvalue weighted by Crippen LogP contribution is -2.21. The molecule has 3 nitrogen and oxygen atoms in total.